The van der Waals surface area contributed by atoms with Crippen LogP contribution < -0.4 is 5.32 Å². The quantitative estimate of drug-likeness (QED) is 0.820. The summed E-state index contributed by atoms with van der Waals surface area (Å²) in [5.41, 5.74) is 3.70. The van der Waals surface area contributed by atoms with Crippen molar-refractivity contribution in [3.63, 3.8) is 0 Å². The minimum absolute atomic E-state index is 0.843. The molecule has 1 N–H and O–H groups in total. The SMILES string of the molecule is Cc1nc2c(c(-c3sccc3C)n1)CCN2. The molecule has 0 radical (unpaired) electrons. The van der Waals surface area contributed by atoms with Crippen LogP contribution in [0.1, 0.15) is 17.0 Å². The zero-order chi connectivity index (χ0) is 11.1. The zero-order valence-electron chi connectivity index (χ0n) is 9.37. The van der Waals surface area contributed by atoms with Crippen LogP contribution in [0.5, 0.6) is 0 Å². The van der Waals surface area contributed by atoms with Crippen molar-refractivity contribution in [1.29, 1.82) is 0 Å². The smallest absolute Gasteiger partial charge is 0.133 e. The second kappa shape index (κ2) is 3.56. The molecule has 0 fully saturated rings. The predicted octanol–water partition coefficient (Wildman–Crippen LogP) is 2.79. The van der Waals surface area contributed by atoms with E-state index in [4.69, 9.17) is 0 Å². The molecule has 82 valence electrons. The summed E-state index contributed by atoms with van der Waals surface area (Å²) in [6.07, 6.45) is 1.03. The summed E-state index contributed by atoms with van der Waals surface area (Å²) in [5.74, 6) is 1.87. The first-order valence-corrected chi connectivity index (χ1v) is 6.29. The molecule has 4 heteroatoms. The number of nitrogens with zero attached hydrogens (tertiary/aromatic N) is 2. The van der Waals surface area contributed by atoms with Gasteiger partial charge in [-0.1, -0.05) is 0 Å². The van der Waals surface area contributed by atoms with Gasteiger partial charge in [0.25, 0.3) is 0 Å². The lowest BCUT2D eigenvalue weighted by Crippen LogP contribution is -1.98. The number of hydrogen-bond acceptors (Lipinski definition) is 4. The molecular formula is C12H13N3S. The van der Waals surface area contributed by atoms with E-state index in [0.717, 1.165) is 30.3 Å². The number of rotatable bonds is 1. The van der Waals surface area contributed by atoms with Gasteiger partial charge in [0.2, 0.25) is 0 Å². The summed E-state index contributed by atoms with van der Waals surface area (Å²) in [5, 5.41) is 5.44. The zero-order valence-corrected chi connectivity index (χ0v) is 10.2. The van der Waals surface area contributed by atoms with E-state index in [-0.39, 0.29) is 0 Å². The molecule has 0 unspecified atom stereocenters. The highest BCUT2D eigenvalue weighted by Crippen LogP contribution is 2.34. The Labute approximate surface area is 98.6 Å². The summed E-state index contributed by atoms with van der Waals surface area (Å²) < 4.78 is 0. The maximum absolute atomic E-state index is 4.61. The van der Waals surface area contributed by atoms with Crippen molar-refractivity contribution in [3.05, 3.63) is 28.4 Å². The van der Waals surface area contributed by atoms with Gasteiger partial charge in [-0.2, -0.15) is 0 Å². The molecule has 2 aromatic rings. The largest absolute Gasteiger partial charge is 0.369 e. The molecule has 0 atom stereocenters. The minimum Gasteiger partial charge on any atom is -0.369 e. The van der Waals surface area contributed by atoms with Crippen LogP contribution in [-0.4, -0.2) is 16.5 Å². The molecular weight excluding hydrogens is 218 g/mol. The molecule has 1 aliphatic heterocycles. The summed E-state index contributed by atoms with van der Waals surface area (Å²) in [6.45, 7) is 5.07. The van der Waals surface area contributed by atoms with Gasteiger partial charge in [-0.25, -0.2) is 9.97 Å². The second-order valence-corrected chi connectivity index (χ2v) is 4.97. The van der Waals surface area contributed by atoms with E-state index in [2.05, 4.69) is 33.7 Å². The molecule has 0 saturated heterocycles. The van der Waals surface area contributed by atoms with Crippen LogP contribution in [0.25, 0.3) is 10.6 Å². The van der Waals surface area contributed by atoms with Gasteiger partial charge < -0.3 is 5.32 Å². The monoisotopic (exact) mass is 231 g/mol. The van der Waals surface area contributed by atoms with Gasteiger partial charge in [-0.3, -0.25) is 0 Å². The van der Waals surface area contributed by atoms with E-state index < -0.39 is 0 Å². The van der Waals surface area contributed by atoms with E-state index in [1.807, 2.05) is 6.92 Å². The van der Waals surface area contributed by atoms with Crippen molar-refractivity contribution in [2.45, 2.75) is 20.3 Å². The van der Waals surface area contributed by atoms with Crippen molar-refractivity contribution < 1.29 is 0 Å². The molecule has 3 heterocycles. The van der Waals surface area contributed by atoms with Crippen LogP contribution >= 0.6 is 11.3 Å². The van der Waals surface area contributed by atoms with Crippen molar-refractivity contribution in [1.82, 2.24) is 9.97 Å². The Morgan fingerprint density at radius 2 is 2.19 bits per heavy atom. The predicted molar refractivity (Wildman–Crippen MR) is 67.0 cm³/mol. The molecule has 0 saturated carbocycles. The Morgan fingerprint density at radius 3 is 2.94 bits per heavy atom. The van der Waals surface area contributed by atoms with E-state index in [1.54, 1.807) is 11.3 Å². The third kappa shape index (κ3) is 1.41. The molecule has 16 heavy (non-hydrogen) atoms. The van der Waals surface area contributed by atoms with Gasteiger partial charge in [-0.05, 0) is 37.3 Å². The average Bonchev–Trinajstić information content (AvgIpc) is 2.84. The number of hydrogen-bond donors (Lipinski definition) is 1. The highest BCUT2D eigenvalue weighted by atomic mass is 32.1. The van der Waals surface area contributed by atoms with Gasteiger partial charge in [0, 0.05) is 12.1 Å². The summed E-state index contributed by atoms with van der Waals surface area (Å²) >= 11 is 1.76. The van der Waals surface area contributed by atoms with E-state index in [1.165, 1.54) is 16.0 Å². The van der Waals surface area contributed by atoms with E-state index >= 15 is 0 Å². The summed E-state index contributed by atoms with van der Waals surface area (Å²) in [6, 6.07) is 2.15. The maximum atomic E-state index is 4.61. The Morgan fingerprint density at radius 1 is 1.31 bits per heavy atom. The van der Waals surface area contributed by atoms with Crippen molar-refractivity contribution >= 4 is 17.2 Å². The first-order valence-electron chi connectivity index (χ1n) is 5.41. The van der Waals surface area contributed by atoms with Gasteiger partial charge >= 0.3 is 0 Å². The Hall–Kier alpha value is -1.42. The van der Waals surface area contributed by atoms with Crippen molar-refractivity contribution in [2.75, 3.05) is 11.9 Å². The molecule has 3 rings (SSSR count). The fraction of sp³-hybridized carbons (Fsp3) is 0.333. The van der Waals surface area contributed by atoms with Gasteiger partial charge in [0.05, 0.1) is 10.6 Å². The average molecular weight is 231 g/mol. The third-order valence-electron chi connectivity index (χ3n) is 2.86. The van der Waals surface area contributed by atoms with Gasteiger partial charge in [0.1, 0.15) is 11.6 Å². The van der Waals surface area contributed by atoms with Crippen LogP contribution in [0.4, 0.5) is 5.82 Å². The van der Waals surface area contributed by atoms with Gasteiger partial charge in [-0.15, -0.1) is 11.3 Å². The lowest BCUT2D eigenvalue weighted by atomic mass is 10.1. The lowest BCUT2D eigenvalue weighted by molar-refractivity contribution is 1.04. The first kappa shape index (κ1) is 9.78. The number of aryl methyl sites for hydroxylation is 2. The standard InChI is InChI=1S/C12H13N3S/c1-7-4-6-16-11(7)10-9-3-5-13-12(9)15-8(2)14-10/h4,6H,3,5H2,1-2H3,(H,13,14,15). The van der Waals surface area contributed by atoms with E-state index in [9.17, 15) is 0 Å². The summed E-state index contributed by atoms with van der Waals surface area (Å²) in [4.78, 5) is 10.3. The Balaban J connectivity index is 2.25. The van der Waals surface area contributed by atoms with Crippen LogP contribution in [0.2, 0.25) is 0 Å². The fourth-order valence-electron chi connectivity index (χ4n) is 2.09. The number of nitrogens with one attached hydrogen (secondary N) is 1. The van der Waals surface area contributed by atoms with Crippen LogP contribution in [-0.2, 0) is 6.42 Å². The molecule has 0 spiro atoms. The topological polar surface area (TPSA) is 37.8 Å². The number of thiophene rings is 1. The number of fused-ring (bicyclic) bond motifs is 1. The number of anilines is 1. The van der Waals surface area contributed by atoms with Crippen LogP contribution in [0, 0.1) is 13.8 Å². The highest BCUT2D eigenvalue weighted by Gasteiger charge is 2.20. The normalized spacial score (nSPS) is 13.6. The second-order valence-electron chi connectivity index (χ2n) is 4.06. The van der Waals surface area contributed by atoms with Crippen molar-refractivity contribution in [3.8, 4) is 10.6 Å². The van der Waals surface area contributed by atoms with Crippen LogP contribution in [0.15, 0.2) is 11.4 Å². The molecule has 3 nitrogen and oxygen atoms in total. The van der Waals surface area contributed by atoms with Crippen molar-refractivity contribution in [2.24, 2.45) is 0 Å². The van der Waals surface area contributed by atoms with Crippen LogP contribution in [0.3, 0.4) is 0 Å². The highest BCUT2D eigenvalue weighted by molar-refractivity contribution is 7.13. The van der Waals surface area contributed by atoms with Gasteiger partial charge in [0.15, 0.2) is 0 Å². The molecule has 0 aromatic carbocycles. The lowest BCUT2D eigenvalue weighted by Gasteiger charge is -2.07. The number of aromatic nitrogens is 2. The minimum atomic E-state index is 0.843. The molecule has 2 aromatic heterocycles. The fourth-order valence-corrected chi connectivity index (χ4v) is 3.03. The Bertz CT molecular complexity index is 545. The first-order chi connectivity index (χ1) is 7.75. The third-order valence-corrected chi connectivity index (χ3v) is 3.89. The maximum Gasteiger partial charge on any atom is 0.133 e. The molecule has 0 bridgehead atoms. The molecule has 0 amide bonds. The molecule has 0 aliphatic carbocycles. The van der Waals surface area contributed by atoms with E-state index in [0.29, 0.717) is 0 Å². The Kier molecular flexibility index (Phi) is 2.17. The summed E-state index contributed by atoms with van der Waals surface area (Å²) in [7, 11) is 0. The molecule has 1 aliphatic rings.